The number of imide groups is 1. The van der Waals surface area contributed by atoms with Gasteiger partial charge in [-0.3, -0.25) is 19.3 Å². The predicted octanol–water partition coefficient (Wildman–Crippen LogP) is 7.03. The third-order valence-electron chi connectivity index (χ3n) is 5.34. The molecule has 0 saturated carbocycles. The number of hydrogen-bond acceptors (Lipinski definition) is 6. The molecule has 3 aromatic carbocycles. The first kappa shape index (κ1) is 28.6. The maximum absolute atomic E-state index is 14.0. The van der Waals surface area contributed by atoms with Crippen molar-refractivity contribution in [3.63, 3.8) is 0 Å². The Bertz CT molecular complexity index is 1490. The van der Waals surface area contributed by atoms with Crippen molar-refractivity contribution in [1.29, 1.82) is 0 Å². The average molecular weight is 638 g/mol. The third kappa shape index (κ3) is 6.97. The van der Waals surface area contributed by atoms with Crippen LogP contribution < -0.4 is 14.8 Å². The summed E-state index contributed by atoms with van der Waals surface area (Å²) in [6.45, 7) is 1.54. The number of rotatable bonds is 9. The molecule has 0 radical (unpaired) electrons. The molecule has 1 fully saturated rings. The molecule has 1 saturated heterocycles. The van der Waals surface area contributed by atoms with Crippen molar-refractivity contribution in [3.05, 3.63) is 91.8 Å². The highest BCUT2D eigenvalue weighted by Crippen LogP contribution is 2.40. The maximum atomic E-state index is 14.0. The SMILES string of the molecule is CCOc1cc(/C=C2\SC(=O)N(CC(=O)Nc3ccc(F)c(Cl)c3)C2=O)cc(Br)c1OCc1ccccc1F. The summed E-state index contributed by atoms with van der Waals surface area (Å²) in [5.41, 5.74) is 1.12. The highest BCUT2D eigenvalue weighted by Gasteiger charge is 2.36. The first-order valence-corrected chi connectivity index (χ1v) is 13.5. The molecule has 3 amide bonds. The lowest BCUT2D eigenvalue weighted by Crippen LogP contribution is -2.36. The summed E-state index contributed by atoms with van der Waals surface area (Å²) in [7, 11) is 0. The standard InChI is InChI=1S/C27H20BrClF2N2O5S/c1-2-37-22-10-15(9-18(28)25(22)38-14-16-5-3-4-6-20(16)30)11-23-26(35)33(27(36)39-23)13-24(34)32-17-7-8-21(31)19(29)12-17/h3-12H,2,13-14H2,1H3,(H,32,34)/b23-11-. The zero-order chi connectivity index (χ0) is 28.1. The van der Waals surface area contributed by atoms with Gasteiger partial charge in [-0.1, -0.05) is 29.8 Å². The van der Waals surface area contributed by atoms with Crippen molar-refractivity contribution in [1.82, 2.24) is 4.90 Å². The van der Waals surface area contributed by atoms with E-state index in [1.807, 2.05) is 0 Å². The Kier molecular flexibility index (Phi) is 9.26. The van der Waals surface area contributed by atoms with Crippen LogP contribution in [0.15, 0.2) is 64.0 Å². The van der Waals surface area contributed by atoms with E-state index in [0.717, 1.165) is 11.0 Å². The van der Waals surface area contributed by atoms with Crippen LogP contribution in [0.3, 0.4) is 0 Å². The molecule has 3 aromatic rings. The zero-order valence-electron chi connectivity index (χ0n) is 20.3. The van der Waals surface area contributed by atoms with Gasteiger partial charge in [0.15, 0.2) is 11.5 Å². The summed E-state index contributed by atoms with van der Waals surface area (Å²) < 4.78 is 39.4. The Morgan fingerprint density at radius 3 is 2.59 bits per heavy atom. The van der Waals surface area contributed by atoms with Crippen molar-refractivity contribution in [2.24, 2.45) is 0 Å². The number of nitrogens with zero attached hydrogens (tertiary/aromatic N) is 1. The Hall–Kier alpha value is -3.41. The van der Waals surface area contributed by atoms with Gasteiger partial charge < -0.3 is 14.8 Å². The largest absolute Gasteiger partial charge is 0.490 e. The van der Waals surface area contributed by atoms with Crippen molar-refractivity contribution >= 4 is 68.1 Å². The molecule has 0 aromatic heterocycles. The molecular formula is C27H20BrClF2N2O5S. The van der Waals surface area contributed by atoms with Gasteiger partial charge in [0, 0.05) is 11.3 Å². The highest BCUT2D eigenvalue weighted by molar-refractivity contribution is 9.10. The molecule has 0 atom stereocenters. The van der Waals surface area contributed by atoms with Crippen LogP contribution in [0.1, 0.15) is 18.1 Å². The van der Waals surface area contributed by atoms with Gasteiger partial charge in [0.1, 0.15) is 24.8 Å². The molecule has 202 valence electrons. The minimum atomic E-state index is -0.654. The summed E-state index contributed by atoms with van der Waals surface area (Å²) in [5, 5.41) is 1.68. The van der Waals surface area contributed by atoms with Gasteiger partial charge in [0.25, 0.3) is 11.1 Å². The molecule has 0 spiro atoms. The van der Waals surface area contributed by atoms with Gasteiger partial charge >= 0.3 is 0 Å². The lowest BCUT2D eigenvalue weighted by Gasteiger charge is -2.15. The number of carbonyl (C=O) groups excluding carboxylic acids is 3. The Balaban J connectivity index is 1.49. The number of nitrogens with one attached hydrogen (secondary N) is 1. The number of ether oxygens (including phenoxy) is 2. The third-order valence-corrected chi connectivity index (χ3v) is 7.12. The van der Waals surface area contributed by atoms with Gasteiger partial charge in [-0.2, -0.15) is 0 Å². The first-order chi connectivity index (χ1) is 18.7. The van der Waals surface area contributed by atoms with Crippen molar-refractivity contribution < 1.29 is 32.6 Å². The van der Waals surface area contributed by atoms with Gasteiger partial charge in [-0.25, -0.2) is 8.78 Å². The summed E-state index contributed by atoms with van der Waals surface area (Å²) in [5.74, 6) is -1.64. The Morgan fingerprint density at radius 2 is 1.87 bits per heavy atom. The lowest BCUT2D eigenvalue weighted by atomic mass is 10.1. The number of benzene rings is 3. The predicted molar refractivity (Wildman–Crippen MR) is 149 cm³/mol. The van der Waals surface area contributed by atoms with E-state index < -0.39 is 35.2 Å². The van der Waals surface area contributed by atoms with Gasteiger partial charge in [0.2, 0.25) is 5.91 Å². The van der Waals surface area contributed by atoms with E-state index in [2.05, 4.69) is 21.2 Å². The van der Waals surface area contributed by atoms with Crippen LogP contribution in [0, 0.1) is 11.6 Å². The molecular weight excluding hydrogens is 618 g/mol. The first-order valence-electron chi connectivity index (χ1n) is 11.5. The maximum Gasteiger partial charge on any atom is 0.294 e. The van der Waals surface area contributed by atoms with Crippen molar-refractivity contribution in [2.75, 3.05) is 18.5 Å². The van der Waals surface area contributed by atoms with E-state index in [1.54, 1.807) is 37.3 Å². The molecule has 1 aliphatic rings. The van der Waals surface area contributed by atoms with E-state index in [1.165, 1.54) is 24.3 Å². The second-order valence-electron chi connectivity index (χ2n) is 8.09. The van der Waals surface area contributed by atoms with Crippen LogP contribution in [0.25, 0.3) is 6.08 Å². The fraction of sp³-hybridized carbons (Fsp3) is 0.148. The van der Waals surface area contributed by atoms with Crippen LogP contribution in [0.2, 0.25) is 5.02 Å². The molecule has 1 heterocycles. The second-order valence-corrected chi connectivity index (χ2v) is 10.3. The summed E-state index contributed by atoms with van der Waals surface area (Å²) in [6.07, 6.45) is 1.50. The highest BCUT2D eigenvalue weighted by atomic mass is 79.9. The molecule has 0 bridgehead atoms. The van der Waals surface area contributed by atoms with Gasteiger partial charge in [-0.05, 0) is 82.7 Å². The van der Waals surface area contributed by atoms with E-state index >= 15 is 0 Å². The van der Waals surface area contributed by atoms with Gasteiger partial charge in [-0.15, -0.1) is 0 Å². The second kappa shape index (κ2) is 12.6. The minimum absolute atomic E-state index is 0.0320. The van der Waals surface area contributed by atoms with E-state index in [9.17, 15) is 23.2 Å². The number of carbonyl (C=O) groups is 3. The summed E-state index contributed by atoms with van der Waals surface area (Å²) >= 11 is 9.85. The number of halogens is 4. The van der Waals surface area contributed by atoms with Crippen LogP contribution in [-0.4, -0.2) is 35.1 Å². The topological polar surface area (TPSA) is 84.9 Å². The summed E-state index contributed by atoms with van der Waals surface area (Å²) in [4.78, 5) is 38.8. The smallest absolute Gasteiger partial charge is 0.294 e. The van der Waals surface area contributed by atoms with Crippen LogP contribution in [0.5, 0.6) is 11.5 Å². The minimum Gasteiger partial charge on any atom is -0.490 e. The molecule has 7 nitrogen and oxygen atoms in total. The zero-order valence-corrected chi connectivity index (χ0v) is 23.5. The number of anilines is 1. The molecule has 0 unspecified atom stereocenters. The average Bonchev–Trinajstić information content (AvgIpc) is 3.14. The van der Waals surface area contributed by atoms with Gasteiger partial charge in [0.05, 0.1) is 21.0 Å². The normalized spacial score (nSPS) is 14.2. The summed E-state index contributed by atoms with van der Waals surface area (Å²) in [6, 6.07) is 13.2. The molecule has 1 N–H and O–H groups in total. The monoisotopic (exact) mass is 636 g/mol. The van der Waals surface area contributed by atoms with E-state index in [4.69, 9.17) is 21.1 Å². The molecule has 1 aliphatic heterocycles. The Labute approximate surface area is 240 Å². The molecule has 39 heavy (non-hydrogen) atoms. The molecule has 0 aliphatic carbocycles. The van der Waals surface area contributed by atoms with Crippen LogP contribution >= 0.6 is 39.3 Å². The van der Waals surface area contributed by atoms with E-state index in [0.29, 0.717) is 45.5 Å². The van der Waals surface area contributed by atoms with E-state index in [-0.39, 0.29) is 22.2 Å². The molecule has 12 heteroatoms. The molecule has 4 rings (SSSR count). The fourth-order valence-corrected chi connectivity index (χ4v) is 5.14. The Morgan fingerprint density at radius 1 is 1.10 bits per heavy atom. The number of thioether (sulfide) groups is 1. The fourth-order valence-electron chi connectivity index (χ4n) is 3.55. The van der Waals surface area contributed by atoms with Crippen molar-refractivity contribution in [3.8, 4) is 11.5 Å². The number of amides is 3. The number of hydrogen-bond donors (Lipinski definition) is 1. The van der Waals surface area contributed by atoms with Crippen molar-refractivity contribution in [2.45, 2.75) is 13.5 Å². The van der Waals surface area contributed by atoms with Crippen LogP contribution in [0.4, 0.5) is 19.3 Å². The van der Waals surface area contributed by atoms with Crippen LogP contribution in [-0.2, 0) is 16.2 Å². The lowest BCUT2D eigenvalue weighted by molar-refractivity contribution is -0.127. The quantitative estimate of drug-likeness (QED) is 0.254.